The van der Waals surface area contributed by atoms with Crippen LogP contribution in [0, 0.1) is 0 Å². The van der Waals surface area contributed by atoms with Crippen molar-refractivity contribution in [2.75, 3.05) is 6.54 Å². The van der Waals surface area contributed by atoms with Crippen molar-refractivity contribution in [3.63, 3.8) is 0 Å². The molecule has 2 N–H and O–H groups in total. The number of urea groups is 1. The summed E-state index contributed by atoms with van der Waals surface area (Å²) in [5.41, 5.74) is 0.435. The Morgan fingerprint density at radius 2 is 2.11 bits per heavy atom. The van der Waals surface area contributed by atoms with Crippen molar-refractivity contribution in [3.05, 3.63) is 35.4 Å². The van der Waals surface area contributed by atoms with Gasteiger partial charge in [-0.1, -0.05) is 18.2 Å². The number of carbonyl (C=O) groups excluding carboxylic acids is 2. The molecule has 3 amide bonds. The van der Waals surface area contributed by atoms with Crippen LogP contribution in [0.5, 0.6) is 0 Å². The van der Waals surface area contributed by atoms with Crippen LogP contribution in [0.4, 0.5) is 4.79 Å². The first-order valence-electron chi connectivity index (χ1n) is 5.05. The van der Waals surface area contributed by atoms with E-state index in [4.69, 9.17) is 5.11 Å². The molecule has 18 heavy (non-hydrogen) atoms. The number of rotatable bonds is 3. The summed E-state index contributed by atoms with van der Waals surface area (Å²) >= 11 is 0. The van der Waals surface area contributed by atoms with Crippen LogP contribution < -0.4 is 5.32 Å². The first kappa shape index (κ1) is 11.8. The number of nitrogens with zero attached hydrogens (tertiary/aromatic N) is 2. The molecule has 1 aromatic carbocycles. The fourth-order valence-corrected chi connectivity index (χ4v) is 1.46. The lowest BCUT2D eigenvalue weighted by atomic mass is 10.1. The number of hydrogen-bond acceptors (Lipinski definition) is 4. The minimum Gasteiger partial charge on any atom is -0.478 e. The minimum atomic E-state index is -1.08. The summed E-state index contributed by atoms with van der Waals surface area (Å²) in [6.07, 6.45) is 1.24. The molecule has 1 saturated heterocycles. The second-order valence-corrected chi connectivity index (χ2v) is 3.55. The zero-order chi connectivity index (χ0) is 13.1. The Bertz CT molecular complexity index is 553. The number of carbonyl (C=O) groups is 3. The van der Waals surface area contributed by atoms with Crippen molar-refractivity contribution in [2.24, 2.45) is 5.10 Å². The average molecular weight is 247 g/mol. The Labute approximate surface area is 102 Å². The summed E-state index contributed by atoms with van der Waals surface area (Å²) in [5, 5.41) is 15.7. The van der Waals surface area contributed by atoms with Crippen molar-refractivity contribution in [1.82, 2.24) is 10.3 Å². The number of hydrazone groups is 1. The van der Waals surface area contributed by atoms with E-state index in [0.717, 1.165) is 5.01 Å². The van der Waals surface area contributed by atoms with Gasteiger partial charge in [0.15, 0.2) is 0 Å². The topological polar surface area (TPSA) is 99.1 Å². The zero-order valence-electron chi connectivity index (χ0n) is 9.16. The van der Waals surface area contributed by atoms with E-state index in [9.17, 15) is 14.4 Å². The molecule has 0 unspecified atom stereocenters. The summed E-state index contributed by atoms with van der Waals surface area (Å²) in [7, 11) is 0. The summed E-state index contributed by atoms with van der Waals surface area (Å²) in [6, 6.07) is 5.61. The molecule has 92 valence electrons. The van der Waals surface area contributed by atoms with E-state index < -0.39 is 17.9 Å². The Hall–Kier alpha value is -2.70. The molecule has 1 aliphatic rings. The molecule has 0 aromatic heterocycles. The van der Waals surface area contributed by atoms with E-state index in [-0.39, 0.29) is 12.1 Å². The molecule has 0 spiro atoms. The van der Waals surface area contributed by atoms with Crippen LogP contribution in [0.2, 0.25) is 0 Å². The van der Waals surface area contributed by atoms with Crippen LogP contribution in [0.15, 0.2) is 29.4 Å². The quantitative estimate of drug-likeness (QED) is 0.591. The van der Waals surface area contributed by atoms with Gasteiger partial charge in [0, 0.05) is 5.56 Å². The SMILES string of the molecule is O=C1CN(/N=C/c2ccccc2C(=O)O)C(=O)N1. The third kappa shape index (κ3) is 2.34. The minimum absolute atomic E-state index is 0.0761. The molecule has 1 heterocycles. The van der Waals surface area contributed by atoms with Crippen molar-refractivity contribution >= 4 is 24.1 Å². The van der Waals surface area contributed by atoms with Crippen LogP contribution in [0.1, 0.15) is 15.9 Å². The summed E-state index contributed by atoms with van der Waals surface area (Å²) in [5.74, 6) is -1.53. The predicted molar refractivity (Wildman–Crippen MR) is 61.2 cm³/mol. The summed E-state index contributed by atoms with van der Waals surface area (Å²) in [6.45, 7) is -0.162. The number of carboxylic acid groups (broad SMARTS) is 1. The number of benzene rings is 1. The molecular weight excluding hydrogens is 238 g/mol. The van der Waals surface area contributed by atoms with Crippen molar-refractivity contribution in [3.8, 4) is 0 Å². The molecule has 7 nitrogen and oxygen atoms in total. The maximum Gasteiger partial charge on any atom is 0.344 e. The number of nitrogens with one attached hydrogen (secondary N) is 1. The highest BCUT2D eigenvalue weighted by Crippen LogP contribution is 2.07. The van der Waals surface area contributed by atoms with Gasteiger partial charge < -0.3 is 5.11 Å². The fraction of sp³-hybridized carbons (Fsp3) is 0.0909. The van der Waals surface area contributed by atoms with Gasteiger partial charge in [0.25, 0.3) is 0 Å². The maximum absolute atomic E-state index is 11.2. The third-order valence-electron chi connectivity index (χ3n) is 2.30. The lowest BCUT2D eigenvalue weighted by molar-refractivity contribution is -0.118. The Balaban J connectivity index is 2.21. The Kier molecular flexibility index (Phi) is 3.05. The molecule has 1 aromatic rings. The predicted octanol–water partition coefficient (Wildman–Crippen LogP) is 0.270. The van der Waals surface area contributed by atoms with Gasteiger partial charge in [-0.05, 0) is 6.07 Å². The van der Waals surface area contributed by atoms with Gasteiger partial charge in [0.1, 0.15) is 6.54 Å². The highest BCUT2D eigenvalue weighted by atomic mass is 16.4. The van der Waals surface area contributed by atoms with E-state index in [2.05, 4.69) is 10.4 Å². The fourth-order valence-electron chi connectivity index (χ4n) is 1.46. The Morgan fingerprint density at radius 1 is 1.39 bits per heavy atom. The monoisotopic (exact) mass is 247 g/mol. The van der Waals surface area contributed by atoms with Crippen molar-refractivity contribution in [2.45, 2.75) is 0 Å². The smallest absolute Gasteiger partial charge is 0.344 e. The first-order valence-corrected chi connectivity index (χ1v) is 5.05. The van der Waals surface area contributed by atoms with Crippen LogP contribution in [0.25, 0.3) is 0 Å². The summed E-state index contributed by atoms with van der Waals surface area (Å²) < 4.78 is 0. The number of amides is 3. The van der Waals surface area contributed by atoms with Gasteiger partial charge in [0.05, 0.1) is 11.8 Å². The standard InChI is InChI=1S/C11H9N3O4/c15-9-6-14(11(18)13-9)12-5-7-3-1-2-4-8(7)10(16)17/h1-5H,6H2,(H,16,17)(H,13,15,18)/b12-5+. The normalized spacial score (nSPS) is 15.2. The number of aromatic carboxylic acids is 1. The van der Waals surface area contributed by atoms with Crippen LogP contribution in [-0.4, -0.2) is 40.8 Å². The lowest BCUT2D eigenvalue weighted by Crippen LogP contribution is -2.24. The average Bonchev–Trinajstić information content (AvgIpc) is 2.65. The first-order chi connectivity index (χ1) is 8.58. The van der Waals surface area contributed by atoms with Crippen molar-refractivity contribution < 1.29 is 19.5 Å². The molecule has 1 aliphatic heterocycles. The second kappa shape index (κ2) is 4.66. The maximum atomic E-state index is 11.2. The summed E-state index contributed by atoms with van der Waals surface area (Å²) in [4.78, 5) is 33.0. The highest BCUT2D eigenvalue weighted by Gasteiger charge is 2.26. The van der Waals surface area contributed by atoms with Crippen LogP contribution in [0.3, 0.4) is 0 Å². The molecule has 2 rings (SSSR count). The number of hydrogen-bond donors (Lipinski definition) is 2. The zero-order valence-corrected chi connectivity index (χ0v) is 9.16. The van der Waals surface area contributed by atoms with E-state index in [1.54, 1.807) is 18.2 Å². The van der Waals surface area contributed by atoms with Gasteiger partial charge in [-0.3, -0.25) is 10.1 Å². The van der Waals surface area contributed by atoms with Crippen molar-refractivity contribution in [1.29, 1.82) is 0 Å². The van der Waals surface area contributed by atoms with E-state index >= 15 is 0 Å². The molecule has 0 atom stereocenters. The highest BCUT2D eigenvalue weighted by molar-refractivity contribution is 6.03. The largest absolute Gasteiger partial charge is 0.478 e. The second-order valence-electron chi connectivity index (χ2n) is 3.55. The molecule has 0 bridgehead atoms. The molecule has 0 radical (unpaired) electrons. The van der Waals surface area contributed by atoms with E-state index in [1.807, 2.05) is 0 Å². The lowest BCUT2D eigenvalue weighted by Gasteiger charge is -2.05. The molecule has 0 saturated carbocycles. The van der Waals surface area contributed by atoms with Crippen LogP contribution in [-0.2, 0) is 4.79 Å². The van der Waals surface area contributed by atoms with E-state index in [0.29, 0.717) is 5.56 Å². The Morgan fingerprint density at radius 3 is 2.72 bits per heavy atom. The van der Waals surface area contributed by atoms with Crippen LogP contribution >= 0.6 is 0 Å². The van der Waals surface area contributed by atoms with Gasteiger partial charge in [-0.2, -0.15) is 5.10 Å². The van der Waals surface area contributed by atoms with E-state index in [1.165, 1.54) is 12.3 Å². The number of carboxylic acids is 1. The molecule has 1 fully saturated rings. The molecular formula is C11H9N3O4. The molecule has 7 heteroatoms. The van der Waals surface area contributed by atoms with Gasteiger partial charge in [0.2, 0.25) is 5.91 Å². The number of imide groups is 1. The van der Waals surface area contributed by atoms with Gasteiger partial charge in [-0.15, -0.1) is 0 Å². The van der Waals surface area contributed by atoms with Gasteiger partial charge in [-0.25, -0.2) is 14.6 Å². The van der Waals surface area contributed by atoms with Gasteiger partial charge >= 0.3 is 12.0 Å². The molecule has 0 aliphatic carbocycles. The third-order valence-corrected chi connectivity index (χ3v) is 2.30.